The van der Waals surface area contributed by atoms with Crippen molar-refractivity contribution in [2.75, 3.05) is 26.0 Å². The summed E-state index contributed by atoms with van der Waals surface area (Å²) in [6.45, 7) is 1.04. The molecule has 2 aromatic carbocycles. The van der Waals surface area contributed by atoms with Crippen molar-refractivity contribution in [2.24, 2.45) is 0 Å². The Labute approximate surface area is 176 Å². The number of nitrogens with one attached hydrogen (secondary N) is 1. The molecule has 0 saturated heterocycles. The number of nitrogens with zero attached hydrogens (tertiary/aromatic N) is 2. The Morgan fingerprint density at radius 1 is 1.20 bits per heavy atom. The quantitative estimate of drug-likeness (QED) is 0.578. The first kappa shape index (κ1) is 21.8. The summed E-state index contributed by atoms with van der Waals surface area (Å²) in [5.41, 5.74) is 1.08. The van der Waals surface area contributed by atoms with E-state index < -0.39 is 34.3 Å². The lowest BCUT2D eigenvalue weighted by Gasteiger charge is -2.13. The predicted octanol–water partition coefficient (Wildman–Crippen LogP) is 2.79. The molecule has 0 aliphatic heterocycles. The van der Waals surface area contributed by atoms with Gasteiger partial charge in [0.15, 0.2) is 11.7 Å². The van der Waals surface area contributed by atoms with Gasteiger partial charge in [-0.25, -0.2) is 26.9 Å². The Hall–Kier alpha value is -2.89. The second kappa shape index (κ2) is 8.46. The van der Waals surface area contributed by atoms with E-state index in [0.717, 1.165) is 15.6 Å². The van der Waals surface area contributed by atoms with E-state index in [1.54, 1.807) is 6.92 Å². The second-order valence-electron chi connectivity index (χ2n) is 6.52. The maximum Gasteiger partial charge on any atom is 0.338 e. The first-order chi connectivity index (χ1) is 14.1. The minimum Gasteiger partial charge on any atom is -0.452 e. The molecule has 0 fully saturated rings. The van der Waals surface area contributed by atoms with Crippen molar-refractivity contribution in [3.63, 3.8) is 0 Å². The van der Waals surface area contributed by atoms with E-state index in [-0.39, 0.29) is 15.6 Å². The van der Waals surface area contributed by atoms with Crippen molar-refractivity contribution in [1.29, 1.82) is 0 Å². The van der Waals surface area contributed by atoms with Gasteiger partial charge in [0.05, 0.1) is 20.7 Å². The molecule has 1 N–H and O–H groups in total. The fraction of sp³-hybridized carbons (Fsp3) is 0.211. The monoisotopic (exact) mass is 451 g/mol. The molecule has 0 saturated carbocycles. The maximum atomic E-state index is 13.3. The molecule has 158 valence electrons. The lowest BCUT2D eigenvalue weighted by Crippen LogP contribution is -2.23. The fourth-order valence-corrected chi connectivity index (χ4v) is 4.34. The number of benzene rings is 2. The van der Waals surface area contributed by atoms with Crippen molar-refractivity contribution >= 4 is 48.6 Å². The molecule has 3 rings (SSSR count). The van der Waals surface area contributed by atoms with Gasteiger partial charge in [-0.15, -0.1) is 0 Å². The third-order valence-electron chi connectivity index (χ3n) is 4.14. The molecule has 8 nitrogen and oxygen atoms in total. The van der Waals surface area contributed by atoms with Gasteiger partial charge in [-0.1, -0.05) is 17.4 Å². The van der Waals surface area contributed by atoms with Crippen LogP contribution in [0, 0.1) is 12.7 Å². The third kappa shape index (κ3) is 4.64. The number of anilines is 1. The molecular formula is C19H18FN3O5S2. The third-order valence-corrected chi connectivity index (χ3v) is 6.88. The maximum absolute atomic E-state index is 13.3. The molecule has 0 aliphatic rings. The van der Waals surface area contributed by atoms with E-state index >= 15 is 0 Å². The van der Waals surface area contributed by atoms with Gasteiger partial charge in [0.25, 0.3) is 5.91 Å². The lowest BCUT2D eigenvalue weighted by molar-refractivity contribution is -0.119. The molecule has 0 radical (unpaired) electrons. The summed E-state index contributed by atoms with van der Waals surface area (Å²) in [7, 11) is -0.959. The van der Waals surface area contributed by atoms with Crippen LogP contribution in [0.2, 0.25) is 0 Å². The zero-order valence-corrected chi connectivity index (χ0v) is 17.9. The summed E-state index contributed by atoms with van der Waals surface area (Å²) in [6.07, 6.45) is 0. The molecule has 1 amide bonds. The van der Waals surface area contributed by atoms with E-state index in [2.05, 4.69) is 10.3 Å². The zero-order valence-electron chi connectivity index (χ0n) is 16.3. The molecule has 3 aromatic rings. The van der Waals surface area contributed by atoms with Gasteiger partial charge in [0, 0.05) is 14.1 Å². The summed E-state index contributed by atoms with van der Waals surface area (Å²) in [5, 5.41) is 2.73. The highest BCUT2D eigenvalue weighted by Gasteiger charge is 2.21. The van der Waals surface area contributed by atoms with E-state index in [9.17, 15) is 22.4 Å². The van der Waals surface area contributed by atoms with E-state index in [0.29, 0.717) is 15.8 Å². The number of hydrogen-bond acceptors (Lipinski definition) is 7. The second-order valence-corrected chi connectivity index (χ2v) is 9.70. The molecule has 0 bridgehead atoms. The highest BCUT2D eigenvalue weighted by Crippen LogP contribution is 2.26. The molecule has 0 atom stereocenters. The number of ether oxygens (including phenoxy) is 1. The van der Waals surface area contributed by atoms with Crippen molar-refractivity contribution in [3.8, 4) is 0 Å². The SMILES string of the molecule is Cc1ccc(S(=O)(=O)N(C)C)cc1C(=O)OCC(=O)Nc1nc2ccc(F)cc2s1. The fourth-order valence-electron chi connectivity index (χ4n) is 2.51. The highest BCUT2D eigenvalue weighted by atomic mass is 32.2. The standard InChI is InChI=1S/C19H18FN3O5S2/c1-11-4-6-13(30(26,27)23(2)3)9-14(11)18(25)28-10-17(24)22-19-21-15-7-5-12(20)8-16(15)29-19/h4-9H,10H2,1-3H3,(H,21,22,24). The van der Waals surface area contributed by atoms with Gasteiger partial charge in [0.1, 0.15) is 5.82 Å². The van der Waals surface area contributed by atoms with Crippen LogP contribution < -0.4 is 5.32 Å². The van der Waals surface area contributed by atoms with Crippen LogP contribution in [-0.4, -0.2) is 50.3 Å². The van der Waals surface area contributed by atoms with Crippen molar-refractivity contribution in [1.82, 2.24) is 9.29 Å². The van der Waals surface area contributed by atoms with Gasteiger partial charge in [-0.05, 0) is 42.8 Å². The van der Waals surface area contributed by atoms with Gasteiger partial charge in [0.2, 0.25) is 10.0 Å². The summed E-state index contributed by atoms with van der Waals surface area (Å²) in [5.74, 6) is -1.87. The van der Waals surface area contributed by atoms with Crippen LogP contribution in [0.5, 0.6) is 0 Å². The van der Waals surface area contributed by atoms with E-state index in [4.69, 9.17) is 4.74 Å². The van der Waals surface area contributed by atoms with Crippen LogP contribution in [0.15, 0.2) is 41.3 Å². The number of esters is 1. The molecule has 30 heavy (non-hydrogen) atoms. The molecule has 0 unspecified atom stereocenters. The predicted molar refractivity (Wildman–Crippen MR) is 111 cm³/mol. The van der Waals surface area contributed by atoms with Crippen LogP contribution in [0.1, 0.15) is 15.9 Å². The van der Waals surface area contributed by atoms with Crippen LogP contribution in [0.4, 0.5) is 9.52 Å². The number of sulfonamides is 1. The van der Waals surface area contributed by atoms with Crippen molar-refractivity contribution in [2.45, 2.75) is 11.8 Å². The van der Waals surface area contributed by atoms with Gasteiger partial charge >= 0.3 is 5.97 Å². The number of amides is 1. The Morgan fingerprint density at radius 3 is 2.63 bits per heavy atom. The van der Waals surface area contributed by atoms with Gasteiger partial charge in [-0.3, -0.25) is 10.1 Å². The van der Waals surface area contributed by atoms with E-state index in [1.165, 1.54) is 50.5 Å². The number of carbonyl (C=O) groups is 2. The number of carbonyl (C=O) groups excluding carboxylic acids is 2. The first-order valence-corrected chi connectivity index (χ1v) is 10.9. The topological polar surface area (TPSA) is 106 Å². The summed E-state index contributed by atoms with van der Waals surface area (Å²) >= 11 is 1.09. The minimum absolute atomic E-state index is 0.0428. The molecule has 1 heterocycles. The first-order valence-electron chi connectivity index (χ1n) is 8.64. The summed E-state index contributed by atoms with van der Waals surface area (Å²) in [4.78, 5) is 28.6. The molecule has 11 heteroatoms. The highest BCUT2D eigenvalue weighted by molar-refractivity contribution is 7.89. The number of rotatable bonds is 6. The number of aromatic nitrogens is 1. The molecule has 0 aliphatic carbocycles. The average molecular weight is 452 g/mol. The van der Waals surface area contributed by atoms with Crippen LogP contribution in [-0.2, 0) is 19.6 Å². The molecular weight excluding hydrogens is 433 g/mol. The number of hydrogen-bond donors (Lipinski definition) is 1. The number of halogens is 1. The number of fused-ring (bicyclic) bond motifs is 1. The summed E-state index contributed by atoms with van der Waals surface area (Å²) < 4.78 is 44.4. The van der Waals surface area contributed by atoms with Crippen molar-refractivity contribution in [3.05, 3.63) is 53.3 Å². The van der Waals surface area contributed by atoms with Gasteiger partial charge < -0.3 is 4.74 Å². The van der Waals surface area contributed by atoms with Crippen LogP contribution in [0.3, 0.4) is 0 Å². The Morgan fingerprint density at radius 2 is 1.93 bits per heavy atom. The normalized spacial score (nSPS) is 11.6. The average Bonchev–Trinajstić information content (AvgIpc) is 3.07. The molecule has 1 aromatic heterocycles. The van der Waals surface area contributed by atoms with Gasteiger partial charge in [-0.2, -0.15) is 0 Å². The van der Waals surface area contributed by atoms with Crippen LogP contribution >= 0.6 is 11.3 Å². The summed E-state index contributed by atoms with van der Waals surface area (Å²) in [6, 6.07) is 8.17. The largest absolute Gasteiger partial charge is 0.452 e. The minimum atomic E-state index is -3.72. The Bertz CT molecular complexity index is 1240. The van der Waals surface area contributed by atoms with Crippen LogP contribution in [0.25, 0.3) is 10.2 Å². The van der Waals surface area contributed by atoms with Crippen molar-refractivity contribution < 1.29 is 27.1 Å². The number of thiazole rings is 1. The lowest BCUT2D eigenvalue weighted by atomic mass is 10.1. The van der Waals surface area contributed by atoms with E-state index in [1.807, 2.05) is 0 Å². The molecule has 0 spiro atoms. The zero-order chi connectivity index (χ0) is 22.1. The Kier molecular flexibility index (Phi) is 6.15. The smallest absolute Gasteiger partial charge is 0.338 e. The number of aryl methyl sites for hydroxylation is 1. The Balaban J connectivity index is 1.68.